The lowest BCUT2D eigenvalue weighted by Gasteiger charge is -2.13. The van der Waals surface area contributed by atoms with Crippen LogP contribution in [0.5, 0.6) is 0 Å². The molecule has 21 heavy (non-hydrogen) atoms. The van der Waals surface area contributed by atoms with Crippen molar-refractivity contribution in [2.45, 2.75) is 13.3 Å². The number of aromatic amines is 1. The van der Waals surface area contributed by atoms with Gasteiger partial charge in [-0.1, -0.05) is 0 Å². The highest BCUT2D eigenvalue weighted by Gasteiger charge is 2.14. The van der Waals surface area contributed by atoms with Gasteiger partial charge in [0.2, 0.25) is 5.88 Å². The zero-order chi connectivity index (χ0) is 14.8. The van der Waals surface area contributed by atoms with E-state index in [-0.39, 0.29) is 5.56 Å². The molecule has 1 aliphatic rings. The van der Waals surface area contributed by atoms with E-state index >= 15 is 0 Å². The summed E-state index contributed by atoms with van der Waals surface area (Å²) in [6, 6.07) is 4.77. The van der Waals surface area contributed by atoms with Gasteiger partial charge in [0.25, 0.3) is 0 Å². The molecule has 0 atom stereocenters. The number of H-pyrrole nitrogens is 1. The van der Waals surface area contributed by atoms with Gasteiger partial charge in [0.05, 0.1) is 23.2 Å². The first kappa shape index (κ1) is 13.2. The first-order valence-electron chi connectivity index (χ1n) is 6.56. The zero-order valence-corrected chi connectivity index (χ0v) is 11.4. The quantitative estimate of drug-likeness (QED) is 0.796. The van der Waals surface area contributed by atoms with Gasteiger partial charge >= 0.3 is 5.97 Å². The van der Waals surface area contributed by atoms with E-state index in [4.69, 9.17) is 9.84 Å². The van der Waals surface area contributed by atoms with Gasteiger partial charge in [0, 0.05) is 6.42 Å². The molecule has 2 aromatic rings. The number of aromatic nitrogens is 2. The number of benzene rings is 1. The van der Waals surface area contributed by atoms with Crippen LogP contribution in [-0.2, 0) is 4.74 Å². The summed E-state index contributed by atoms with van der Waals surface area (Å²) in [6.07, 6.45) is 2.48. The lowest BCUT2D eigenvalue weighted by Crippen LogP contribution is -2.19. The third-order valence-corrected chi connectivity index (χ3v) is 3.08. The number of hydrogen-bond acceptors (Lipinski definition) is 5. The second-order valence-electron chi connectivity index (χ2n) is 4.50. The third-order valence-electron chi connectivity index (χ3n) is 3.08. The Morgan fingerprint density at radius 3 is 3.00 bits per heavy atom. The van der Waals surface area contributed by atoms with Crippen LogP contribution in [0.3, 0.4) is 0 Å². The topological polar surface area (TPSA) is 99.6 Å². The molecular formula is C14H14N4O3. The molecule has 7 nitrogen and oxygen atoms in total. The predicted octanol–water partition coefficient (Wildman–Crippen LogP) is 1.84. The van der Waals surface area contributed by atoms with Gasteiger partial charge in [-0.05, 0) is 31.2 Å². The molecule has 0 aliphatic carbocycles. The average molecular weight is 286 g/mol. The molecule has 0 unspecified atom stereocenters. The van der Waals surface area contributed by atoms with E-state index in [2.05, 4.69) is 20.5 Å². The first-order chi connectivity index (χ1) is 10.2. The molecule has 1 aromatic carbocycles. The zero-order valence-electron chi connectivity index (χ0n) is 11.4. The van der Waals surface area contributed by atoms with Crippen molar-refractivity contribution < 1.29 is 14.6 Å². The van der Waals surface area contributed by atoms with Gasteiger partial charge in [-0.25, -0.2) is 15.2 Å². The number of carboxylic acids is 1. The van der Waals surface area contributed by atoms with Crippen LogP contribution >= 0.6 is 0 Å². The fourth-order valence-electron chi connectivity index (χ4n) is 2.08. The van der Waals surface area contributed by atoms with Crippen molar-refractivity contribution >= 4 is 22.7 Å². The maximum absolute atomic E-state index is 11.0. The third kappa shape index (κ3) is 2.58. The van der Waals surface area contributed by atoms with Crippen molar-refractivity contribution in [2.75, 3.05) is 6.61 Å². The molecule has 3 N–H and O–H groups in total. The molecule has 0 spiro atoms. The molecule has 0 saturated heterocycles. The Morgan fingerprint density at radius 2 is 2.33 bits per heavy atom. The lowest BCUT2D eigenvalue weighted by atomic mass is 10.2. The number of nitrogens with one attached hydrogen (secondary N) is 2. The van der Waals surface area contributed by atoms with Crippen molar-refractivity contribution in [3.63, 3.8) is 0 Å². The second-order valence-corrected chi connectivity index (χ2v) is 4.50. The largest absolute Gasteiger partial charge is 0.479 e. The standard InChI is InChI=1S/C14H14N4O3/c1-2-21-12-6-5-10(17-18-12)13-15-9-4-3-8(14(19)20)7-11(9)16-13/h3-4,6-7,18H,2,5H2,1H3,(H,15,16)(H,19,20). The summed E-state index contributed by atoms with van der Waals surface area (Å²) in [4.78, 5) is 18.5. The molecule has 0 amide bonds. The minimum absolute atomic E-state index is 0.222. The lowest BCUT2D eigenvalue weighted by molar-refractivity contribution is 0.0697. The van der Waals surface area contributed by atoms with E-state index in [1.54, 1.807) is 12.1 Å². The normalized spacial score (nSPS) is 14.3. The monoisotopic (exact) mass is 286 g/mol. The first-order valence-corrected chi connectivity index (χ1v) is 6.56. The fraction of sp³-hybridized carbons (Fsp3) is 0.214. The molecule has 7 heteroatoms. The molecule has 3 rings (SSSR count). The smallest absolute Gasteiger partial charge is 0.335 e. The van der Waals surface area contributed by atoms with Gasteiger partial charge in [0.15, 0.2) is 5.82 Å². The number of nitrogens with zero attached hydrogens (tertiary/aromatic N) is 2. The van der Waals surface area contributed by atoms with E-state index in [9.17, 15) is 4.79 Å². The second kappa shape index (κ2) is 5.28. The molecule has 0 fully saturated rings. The molecular weight excluding hydrogens is 272 g/mol. The van der Waals surface area contributed by atoms with Crippen LogP contribution in [0.25, 0.3) is 11.0 Å². The van der Waals surface area contributed by atoms with Crippen molar-refractivity contribution in [1.29, 1.82) is 0 Å². The summed E-state index contributed by atoms with van der Waals surface area (Å²) in [5.74, 6) is 0.284. The van der Waals surface area contributed by atoms with Gasteiger partial charge in [0.1, 0.15) is 5.71 Å². The summed E-state index contributed by atoms with van der Waals surface area (Å²) in [7, 11) is 0. The van der Waals surface area contributed by atoms with Crippen LogP contribution in [0.2, 0.25) is 0 Å². The Bertz CT molecular complexity index is 761. The average Bonchev–Trinajstić information content (AvgIpc) is 2.91. The summed E-state index contributed by atoms with van der Waals surface area (Å²) in [6.45, 7) is 2.48. The Labute approximate surface area is 120 Å². The highest BCUT2D eigenvalue weighted by Crippen LogP contribution is 2.16. The maximum Gasteiger partial charge on any atom is 0.335 e. The number of imidazole rings is 1. The summed E-state index contributed by atoms with van der Waals surface area (Å²) in [5.41, 5.74) is 5.16. The number of carboxylic acid groups (broad SMARTS) is 1. The number of carbonyl (C=O) groups is 1. The van der Waals surface area contributed by atoms with Crippen LogP contribution in [-0.4, -0.2) is 33.4 Å². The van der Waals surface area contributed by atoms with E-state index in [1.807, 2.05) is 13.0 Å². The van der Waals surface area contributed by atoms with E-state index < -0.39 is 5.97 Å². The number of hydrazone groups is 1. The van der Waals surface area contributed by atoms with Gasteiger partial charge in [-0.15, -0.1) is 0 Å². The van der Waals surface area contributed by atoms with Gasteiger partial charge in [-0.2, -0.15) is 5.10 Å². The summed E-state index contributed by atoms with van der Waals surface area (Å²) < 4.78 is 5.32. The summed E-state index contributed by atoms with van der Waals surface area (Å²) >= 11 is 0. The molecule has 1 aromatic heterocycles. The molecule has 108 valence electrons. The fourth-order valence-corrected chi connectivity index (χ4v) is 2.08. The van der Waals surface area contributed by atoms with Crippen LogP contribution in [0, 0.1) is 0 Å². The predicted molar refractivity (Wildman–Crippen MR) is 77.1 cm³/mol. The number of aromatic carboxylic acids is 1. The van der Waals surface area contributed by atoms with Gasteiger partial charge in [-0.3, -0.25) is 0 Å². The summed E-state index contributed by atoms with van der Waals surface area (Å²) in [5, 5.41) is 13.2. The minimum Gasteiger partial charge on any atom is -0.479 e. The molecule has 2 heterocycles. The minimum atomic E-state index is -0.964. The van der Waals surface area contributed by atoms with Crippen LogP contribution in [0.4, 0.5) is 0 Å². The Morgan fingerprint density at radius 1 is 1.48 bits per heavy atom. The van der Waals surface area contributed by atoms with Gasteiger partial charge < -0.3 is 14.8 Å². The Hall–Kier alpha value is -2.83. The maximum atomic E-state index is 11.0. The number of rotatable bonds is 4. The highest BCUT2D eigenvalue weighted by molar-refractivity contribution is 6.01. The van der Waals surface area contributed by atoms with Crippen molar-refractivity contribution in [3.05, 3.63) is 41.5 Å². The Balaban J connectivity index is 1.87. The molecule has 0 saturated carbocycles. The van der Waals surface area contributed by atoms with E-state index in [0.717, 1.165) is 5.71 Å². The van der Waals surface area contributed by atoms with Crippen LogP contribution in [0.15, 0.2) is 35.3 Å². The number of ether oxygens (including phenoxy) is 1. The molecule has 1 aliphatic heterocycles. The van der Waals surface area contributed by atoms with Crippen molar-refractivity contribution in [3.8, 4) is 0 Å². The molecule has 0 radical (unpaired) electrons. The molecule has 0 bridgehead atoms. The van der Waals surface area contributed by atoms with Crippen LogP contribution in [0.1, 0.15) is 29.5 Å². The van der Waals surface area contributed by atoms with E-state index in [0.29, 0.717) is 35.8 Å². The van der Waals surface area contributed by atoms with E-state index in [1.165, 1.54) is 6.07 Å². The van der Waals surface area contributed by atoms with Crippen LogP contribution < -0.4 is 5.43 Å². The number of fused-ring (bicyclic) bond motifs is 1. The Kier molecular flexibility index (Phi) is 3.31. The van der Waals surface area contributed by atoms with Crippen molar-refractivity contribution in [2.24, 2.45) is 5.10 Å². The van der Waals surface area contributed by atoms with Crippen molar-refractivity contribution in [1.82, 2.24) is 15.4 Å². The number of allylic oxidation sites excluding steroid dienone is 1. The SMILES string of the molecule is CCOC1=CCC(c2nc3ccc(C(=O)O)cc3[nH]2)=NN1. The number of hydrogen-bond donors (Lipinski definition) is 3. The highest BCUT2D eigenvalue weighted by atomic mass is 16.5.